The minimum atomic E-state index is -1.88. The van der Waals surface area contributed by atoms with E-state index >= 15 is 0 Å². The standard InChI is InChI=1S/C22H20Cl3NO3/c23-17-12-7-13-18-21(17,16-10-5-2-6-11-16)22(24,25)19(27)26(18)20(28)29-14-15-8-3-1-4-9-15/h1-6,8-11,17-18H,7,12-14H2/t17-,18+,21-/m0/s1. The van der Waals surface area contributed by atoms with Gasteiger partial charge in [-0.15, -0.1) is 11.6 Å². The van der Waals surface area contributed by atoms with Crippen molar-refractivity contribution in [1.82, 2.24) is 4.90 Å². The van der Waals surface area contributed by atoms with Crippen molar-refractivity contribution in [2.45, 2.75) is 47.0 Å². The summed E-state index contributed by atoms with van der Waals surface area (Å²) in [5, 5.41) is -0.505. The Labute approximate surface area is 184 Å². The quantitative estimate of drug-likeness (QED) is 0.583. The zero-order chi connectivity index (χ0) is 20.6. The second kappa shape index (κ2) is 7.82. The van der Waals surface area contributed by atoms with Gasteiger partial charge in [-0.2, -0.15) is 0 Å². The van der Waals surface area contributed by atoms with Gasteiger partial charge in [0.2, 0.25) is 4.33 Å². The van der Waals surface area contributed by atoms with E-state index in [9.17, 15) is 9.59 Å². The van der Waals surface area contributed by atoms with E-state index < -0.39 is 33.2 Å². The van der Waals surface area contributed by atoms with Gasteiger partial charge in [0, 0.05) is 5.38 Å². The molecule has 1 heterocycles. The molecule has 0 aromatic heterocycles. The maximum absolute atomic E-state index is 13.3. The van der Waals surface area contributed by atoms with E-state index in [-0.39, 0.29) is 6.61 Å². The number of ether oxygens (including phenoxy) is 1. The molecule has 0 unspecified atom stereocenters. The summed E-state index contributed by atoms with van der Waals surface area (Å²) >= 11 is 20.2. The molecule has 2 aromatic rings. The lowest BCUT2D eigenvalue weighted by Gasteiger charge is -2.47. The van der Waals surface area contributed by atoms with Crippen LogP contribution in [0.2, 0.25) is 0 Å². The SMILES string of the molecule is O=C(OCc1ccccc1)N1C(=O)C(Cl)(Cl)[C@@]2(c3ccccc3)[C@@H](Cl)CCC[C@@H]12. The first-order valence-corrected chi connectivity index (χ1v) is 10.7. The molecule has 0 N–H and O–H groups in total. The number of rotatable bonds is 3. The molecule has 7 heteroatoms. The van der Waals surface area contributed by atoms with Crippen molar-refractivity contribution in [3.63, 3.8) is 0 Å². The Morgan fingerprint density at radius 3 is 2.31 bits per heavy atom. The molecule has 152 valence electrons. The number of alkyl halides is 3. The largest absolute Gasteiger partial charge is 0.444 e. The van der Waals surface area contributed by atoms with Crippen LogP contribution in [0.4, 0.5) is 4.79 Å². The van der Waals surface area contributed by atoms with E-state index in [1.54, 1.807) is 0 Å². The normalized spacial score (nSPS) is 28.1. The number of halogens is 3. The van der Waals surface area contributed by atoms with Crippen LogP contribution in [0.15, 0.2) is 60.7 Å². The Balaban J connectivity index is 1.71. The van der Waals surface area contributed by atoms with Crippen molar-refractivity contribution in [1.29, 1.82) is 0 Å². The maximum Gasteiger partial charge on any atom is 0.417 e. The average Bonchev–Trinajstić information content (AvgIpc) is 2.92. The van der Waals surface area contributed by atoms with Crippen LogP contribution in [0.3, 0.4) is 0 Å². The first-order valence-electron chi connectivity index (χ1n) is 9.52. The molecule has 3 atom stereocenters. The van der Waals surface area contributed by atoms with Crippen LogP contribution in [0, 0.1) is 0 Å². The van der Waals surface area contributed by atoms with Gasteiger partial charge < -0.3 is 4.74 Å². The van der Waals surface area contributed by atoms with Gasteiger partial charge in [-0.1, -0.05) is 83.9 Å². The van der Waals surface area contributed by atoms with Crippen LogP contribution in [0.25, 0.3) is 0 Å². The van der Waals surface area contributed by atoms with Gasteiger partial charge in [-0.05, 0) is 30.4 Å². The summed E-state index contributed by atoms with van der Waals surface area (Å²) < 4.78 is 3.57. The summed E-state index contributed by atoms with van der Waals surface area (Å²) in [6.45, 7) is 0.0520. The summed E-state index contributed by atoms with van der Waals surface area (Å²) in [6, 6.07) is 18.0. The number of hydrogen-bond donors (Lipinski definition) is 0. The predicted octanol–water partition coefficient (Wildman–Crippen LogP) is 5.44. The third kappa shape index (κ3) is 3.13. The number of benzene rings is 2. The molecule has 4 rings (SSSR count). The third-order valence-electron chi connectivity index (χ3n) is 5.93. The first-order chi connectivity index (χ1) is 13.9. The Bertz CT molecular complexity index is 906. The van der Waals surface area contributed by atoms with E-state index in [4.69, 9.17) is 39.5 Å². The molecule has 2 aromatic carbocycles. The van der Waals surface area contributed by atoms with Crippen molar-refractivity contribution in [3.05, 3.63) is 71.8 Å². The smallest absolute Gasteiger partial charge is 0.417 e. The lowest BCUT2D eigenvalue weighted by atomic mass is 9.65. The molecule has 4 nitrogen and oxygen atoms in total. The Kier molecular flexibility index (Phi) is 5.54. The van der Waals surface area contributed by atoms with Crippen LogP contribution >= 0.6 is 34.8 Å². The Hall–Kier alpha value is -1.75. The van der Waals surface area contributed by atoms with Crippen LogP contribution in [0.5, 0.6) is 0 Å². The monoisotopic (exact) mass is 451 g/mol. The summed E-state index contributed by atoms with van der Waals surface area (Å²) in [7, 11) is 0. The number of carbonyl (C=O) groups is 2. The molecular weight excluding hydrogens is 433 g/mol. The molecule has 29 heavy (non-hydrogen) atoms. The van der Waals surface area contributed by atoms with Gasteiger partial charge in [-0.3, -0.25) is 4.79 Å². The molecule has 0 bridgehead atoms. The highest BCUT2D eigenvalue weighted by Crippen LogP contribution is 2.60. The summed E-state index contributed by atoms with van der Waals surface area (Å²) in [4.78, 5) is 27.3. The minimum absolute atomic E-state index is 0.0520. The van der Waals surface area contributed by atoms with Crippen LogP contribution in [-0.2, 0) is 21.6 Å². The number of amides is 2. The topological polar surface area (TPSA) is 46.6 Å². The van der Waals surface area contributed by atoms with E-state index in [2.05, 4.69) is 0 Å². The van der Waals surface area contributed by atoms with Crippen LogP contribution in [-0.4, -0.2) is 32.7 Å². The van der Waals surface area contributed by atoms with Gasteiger partial charge >= 0.3 is 6.09 Å². The highest BCUT2D eigenvalue weighted by Gasteiger charge is 2.73. The molecule has 2 amide bonds. The van der Waals surface area contributed by atoms with E-state index in [1.807, 2.05) is 60.7 Å². The average molecular weight is 453 g/mol. The molecule has 1 aliphatic heterocycles. The van der Waals surface area contributed by atoms with Crippen molar-refractivity contribution in [2.75, 3.05) is 0 Å². The van der Waals surface area contributed by atoms with Crippen molar-refractivity contribution in [2.24, 2.45) is 0 Å². The Morgan fingerprint density at radius 2 is 1.66 bits per heavy atom. The molecule has 2 fully saturated rings. The first kappa shape index (κ1) is 20.5. The van der Waals surface area contributed by atoms with Crippen LogP contribution in [0.1, 0.15) is 30.4 Å². The molecular formula is C22H20Cl3NO3. The van der Waals surface area contributed by atoms with Gasteiger partial charge in [0.25, 0.3) is 5.91 Å². The third-order valence-corrected chi connectivity index (χ3v) is 7.44. The lowest BCUT2D eigenvalue weighted by Crippen LogP contribution is -2.57. The molecule has 2 aliphatic rings. The van der Waals surface area contributed by atoms with E-state index in [0.717, 1.165) is 22.4 Å². The zero-order valence-electron chi connectivity index (χ0n) is 15.6. The molecule has 1 saturated heterocycles. The minimum Gasteiger partial charge on any atom is -0.444 e. The molecule has 1 saturated carbocycles. The lowest BCUT2D eigenvalue weighted by molar-refractivity contribution is -0.128. The van der Waals surface area contributed by atoms with Crippen LogP contribution < -0.4 is 0 Å². The highest BCUT2D eigenvalue weighted by molar-refractivity contribution is 6.60. The molecule has 0 radical (unpaired) electrons. The van der Waals surface area contributed by atoms with E-state index in [0.29, 0.717) is 12.8 Å². The molecule has 0 spiro atoms. The second-order valence-corrected chi connectivity index (χ2v) is 9.29. The highest BCUT2D eigenvalue weighted by atomic mass is 35.5. The predicted molar refractivity (Wildman–Crippen MR) is 113 cm³/mol. The van der Waals surface area contributed by atoms with Gasteiger partial charge in [-0.25, -0.2) is 9.69 Å². The molecule has 1 aliphatic carbocycles. The van der Waals surface area contributed by atoms with Crippen molar-refractivity contribution >= 4 is 46.8 Å². The number of likely N-dealkylation sites (tertiary alicyclic amines) is 1. The Morgan fingerprint density at radius 1 is 1.03 bits per heavy atom. The second-order valence-electron chi connectivity index (χ2n) is 7.44. The number of fused-ring (bicyclic) bond motifs is 1. The summed E-state index contributed by atoms with van der Waals surface area (Å²) in [5.41, 5.74) is 0.463. The fourth-order valence-electron chi connectivity index (χ4n) is 4.63. The van der Waals surface area contributed by atoms with Gasteiger partial charge in [0.1, 0.15) is 6.61 Å². The number of nitrogens with zero attached hydrogens (tertiary/aromatic N) is 1. The summed E-state index contributed by atoms with van der Waals surface area (Å²) in [6.07, 6.45) is 1.21. The maximum atomic E-state index is 13.3. The fourth-order valence-corrected chi connectivity index (χ4v) is 6.25. The zero-order valence-corrected chi connectivity index (χ0v) is 17.8. The van der Waals surface area contributed by atoms with Gasteiger partial charge in [0.15, 0.2) is 0 Å². The van der Waals surface area contributed by atoms with Crippen molar-refractivity contribution < 1.29 is 14.3 Å². The number of carbonyl (C=O) groups excluding carboxylic acids is 2. The summed E-state index contributed by atoms with van der Waals surface area (Å²) in [5.74, 6) is -0.680. The van der Waals surface area contributed by atoms with Gasteiger partial charge in [0.05, 0.1) is 11.5 Å². The number of hydrogen-bond acceptors (Lipinski definition) is 3. The fraction of sp³-hybridized carbons (Fsp3) is 0.364. The van der Waals surface area contributed by atoms with E-state index in [1.165, 1.54) is 0 Å². The number of imide groups is 1. The van der Waals surface area contributed by atoms with Crippen molar-refractivity contribution in [3.8, 4) is 0 Å².